The molecule has 1 aliphatic heterocycles. The second-order valence-electron chi connectivity index (χ2n) is 7.68. The van der Waals surface area contributed by atoms with Crippen LogP contribution in [-0.4, -0.2) is 13.4 Å². The molecule has 0 fully saturated rings. The van der Waals surface area contributed by atoms with E-state index < -0.39 is 11.1 Å². The number of benzene rings is 3. The Morgan fingerprint density at radius 1 is 0.962 bits per heavy atom. The zero-order valence-corrected chi connectivity index (χ0v) is 15.4. The Kier molecular flexibility index (Phi) is 3.74. The predicted octanol–water partition coefficient (Wildman–Crippen LogP) is 5.93. The van der Waals surface area contributed by atoms with E-state index in [0.717, 1.165) is 39.0 Å². The molecule has 0 aliphatic carbocycles. The third-order valence-corrected chi connectivity index (χ3v) is 4.59. The van der Waals surface area contributed by atoms with Crippen LogP contribution in [0, 0.1) is 0 Å². The number of fused-ring (bicyclic) bond motifs is 2. The summed E-state index contributed by atoms with van der Waals surface area (Å²) in [5, 5.41) is 2.28. The summed E-state index contributed by atoms with van der Waals surface area (Å²) in [6, 6.07) is 18.3. The van der Waals surface area contributed by atoms with Gasteiger partial charge in [-0.05, 0) is 55.5 Å². The normalized spacial score (nSPS) is 15.0. The maximum absolute atomic E-state index is 6.55. The molecule has 1 heterocycles. The topological polar surface area (TPSA) is 18.5 Å². The van der Waals surface area contributed by atoms with Gasteiger partial charge in [-0.3, -0.25) is 0 Å². The summed E-state index contributed by atoms with van der Waals surface area (Å²) in [5.41, 5.74) is 1.53. The van der Waals surface area contributed by atoms with Gasteiger partial charge < -0.3 is 9.47 Å². The highest BCUT2D eigenvalue weighted by atomic mass is 16.5. The maximum atomic E-state index is 6.55. The molecule has 1 unspecified atom stereocenters. The molecule has 0 saturated heterocycles. The molecule has 0 aromatic heterocycles. The highest BCUT2D eigenvalue weighted by molar-refractivity contribution is 6.16. The van der Waals surface area contributed by atoms with Crippen molar-refractivity contribution in [2.75, 3.05) is 0 Å². The van der Waals surface area contributed by atoms with E-state index in [1.165, 1.54) is 0 Å². The van der Waals surface area contributed by atoms with Gasteiger partial charge in [0.1, 0.15) is 19.3 Å². The van der Waals surface area contributed by atoms with Gasteiger partial charge in [0.2, 0.25) is 0 Å². The van der Waals surface area contributed by atoms with Crippen LogP contribution in [0.1, 0.15) is 26.3 Å². The molecule has 3 aromatic rings. The summed E-state index contributed by atoms with van der Waals surface area (Å²) < 4.78 is 12.3. The Morgan fingerprint density at radius 3 is 2.38 bits per heavy atom. The zero-order valence-electron chi connectivity index (χ0n) is 15.4. The molecule has 3 heteroatoms. The molecule has 1 atom stereocenters. The molecule has 0 N–H and O–H groups in total. The van der Waals surface area contributed by atoms with Gasteiger partial charge in [0, 0.05) is 10.9 Å². The SMILES string of the molecule is [B]C(C=C)(OC(C)(C)C)c1ccc2c(c1)-c1cccc3cccc(c13)O2. The van der Waals surface area contributed by atoms with E-state index in [2.05, 4.69) is 30.8 Å². The lowest BCUT2D eigenvalue weighted by molar-refractivity contribution is -0.0645. The third kappa shape index (κ3) is 2.73. The standard InChI is InChI=1S/C23H21BO2/c1-5-23(24,26-22(2,3)4)16-12-13-19-18(14-16)17-10-6-8-15-9-7-11-20(25-19)21(15)17/h5-14H,1H2,2-4H3. The molecule has 4 rings (SSSR count). The van der Waals surface area contributed by atoms with Crippen LogP contribution in [0.2, 0.25) is 0 Å². The molecule has 1 aliphatic rings. The molecular formula is C23H21BO2. The van der Waals surface area contributed by atoms with Crippen LogP contribution >= 0.6 is 0 Å². The Bertz CT molecular complexity index is 1010. The Labute approximate surface area is 155 Å². The number of rotatable bonds is 3. The smallest absolute Gasteiger partial charge is 0.135 e. The molecule has 2 radical (unpaired) electrons. The lowest BCUT2D eigenvalue weighted by Crippen LogP contribution is -2.36. The van der Waals surface area contributed by atoms with E-state index in [9.17, 15) is 0 Å². The van der Waals surface area contributed by atoms with E-state index in [1.807, 2.05) is 51.1 Å². The van der Waals surface area contributed by atoms with Crippen LogP contribution in [0.3, 0.4) is 0 Å². The van der Waals surface area contributed by atoms with E-state index in [0.29, 0.717) is 0 Å². The van der Waals surface area contributed by atoms with E-state index in [1.54, 1.807) is 6.08 Å². The van der Waals surface area contributed by atoms with Gasteiger partial charge in [0.05, 0.1) is 11.1 Å². The molecular weight excluding hydrogens is 319 g/mol. The van der Waals surface area contributed by atoms with Crippen molar-refractivity contribution in [3.05, 3.63) is 72.8 Å². The van der Waals surface area contributed by atoms with Crippen molar-refractivity contribution >= 4 is 18.6 Å². The van der Waals surface area contributed by atoms with Gasteiger partial charge in [-0.1, -0.05) is 42.5 Å². The molecule has 0 amide bonds. The quantitative estimate of drug-likeness (QED) is 0.340. The van der Waals surface area contributed by atoms with Crippen molar-refractivity contribution in [2.24, 2.45) is 0 Å². The minimum absolute atomic E-state index is 0.401. The van der Waals surface area contributed by atoms with E-state index in [-0.39, 0.29) is 0 Å². The first-order chi connectivity index (χ1) is 12.3. The second-order valence-corrected chi connectivity index (χ2v) is 7.68. The van der Waals surface area contributed by atoms with Gasteiger partial charge in [-0.15, -0.1) is 6.58 Å². The summed E-state index contributed by atoms with van der Waals surface area (Å²) in [4.78, 5) is 0. The average Bonchev–Trinajstić information content (AvgIpc) is 2.60. The van der Waals surface area contributed by atoms with Crippen molar-refractivity contribution in [3.8, 4) is 22.6 Å². The van der Waals surface area contributed by atoms with Crippen LogP contribution in [-0.2, 0) is 10.2 Å². The van der Waals surface area contributed by atoms with E-state index in [4.69, 9.17) is 17.3 Å². The summed E-state index contributed by atoms with van der Waals surface area (Å²) in [5.74, 6) is 1.70. The van der Waals surface area contributed by atoms with Crippen molar-refractivity contribution < 1.29 is 9.47 Å². The molecule has 0 spiro atoms. The molecule has 128 valence electrons. The highest BCUT2D eigenvalue weighted by Crippen LogP contribution is 2.47. The minimum atomic E-state index is -1.07. The lowest BCUT2D eigenvalue weighted by Gasteiger charge is -2.36. The summed E-state index contributed by atoms with van der Waals surface area (Å²) in [6.45, 7) is 9.85. The van der Waals surface area contributed by atoms with Gasteiger partial charge in [-0.2, -0.15) is 0 Å². The average molecular weight is 340 g/mol. The fourth-order valence-corrected chi connectivity index (χ4v) is 3.53. The molecule has 2 nitrogen and oxygen atoms in total. The summed E-state index contributed by atoms with van der Waals surface area (Å²) >= 11 is 0. The third-order valence-electron chi connectivity index (χ3n) is 4.59. The lowest BCUT2D eigenvalue weighted by atomic mass is 9.74. The first kappa shape index (κ1) is 16.9. The Morgan fingerprint density at radius 2 is 1.69 bits per heavy atom. The predicted molar refractivity (Wildman–Crippen MR) is 108 cm³/mol. The van der Waals surface area contributed by atoms with Crippen LogP contribution < -0.4 is 4.74 Å². The van der Waals surface area contributed by atoms with Crippen LogP contribution in [0.4, 0.5) is 0 Å². The van der Waals surface area contributed by atoms with Crippen molar-refractivity contribution in [1.29, 1.82) is 0 Å². The van der Waals surface area contributed by atoms with Gasteiger partial charge in [0.15, 0.2) is 0 Å². The summed E-state index contributed by atoms with van der Waals surface area (Å²) in [7, 11) is 6.55. The molecule has 0 bridgehead atoms. The molecule has 26 heavy (non-hydrogen) atoms. The van der Waals surface area contributed by atoms with Crippen molar-refractivity contribution in [1.82, 2.24) is 0 Å². The highest BCUT2D eigenvalue weighted by Gasteiger charge is 2.30. The number of hydrogen-bond acceptors (Lipinski definition) is 2. The first-order valence-corrected chi connectivity index (χ1v) is 8.78. The van der Waals surface area contributed by atoms with Gasteiger partial charge >= 0.3 is 0 Å². The van der Waals surface area contributed by atoms with E-state index >= 15 is 0 Å². The summed E-state index contributed by atoms with van der Waals surface area (Å²) in [6.07, 6.45) is 1.65. The minimum Gasteiger partial charge on any atom is -0.456 e. The van der Waals surface area contributed by atoms with Gasteiger partial charge in [-0.25, -0.2) is 0 Å². The second kappa shape index (κ2) is 5.75. The zero-order chi connectivity index (χ0) is 18.5. The molecule has 3 aromatic carbocycles. The Hall–Kier alpha value is -2.52. The number of hydrogen-bond donors (Lipinski definition) is 0. The fraction of sp³-hybridized carbons (Fsp3) is 0.217. The first-order valence-electron chi connectivity index (χ1n) is 8.78. The monoisotopic (exact) mass is 340 g/mol. The van der Waals surface area contributed by atoms with Crippen LogP contribution in [0.15, 0.2) is 67.3 Å². The number of ether oxygens (including phenoxy) is 2. The van der Waals surface area contributed by atoms with Gasteiger partial charge in [0.25, 0.3) is 0 Å². The van der Waals surface area contributed by atoms with Crippen LogP contribution in [0.5, 0.6) is 11.5 Å². The fourth-order valence-electron chi connectivity index (χ4n) is 3.53. The maximum Gasteiger partial charge on any atom is 0.135 e. The molecule has 0 saturated carbocycles. The largest absolute Gasteiger partial charge is 0.456 e. The van der Waals surface area contributed by atoms with Crippen LogP contribution in [0.25, 0.3) is 21.9 Å². The van der Waals surface area contributed by atoms with Crippen molar-refractivity contribution in [2.45, 2.75) is 31.9 Å². The Balaban J connectivity index is 1.90. The van der Waals surface area contributed by atoms with Crippen molar-refractivity contribution in [3.63, 3.8) is 0 Å².